The number of fused-ring (bicyclic) bond motifs is 2. The number of aryl methyl sites for hydroxylation is 1. The molecule has 0 amide bonds. The summed E-state index contributed by atoms with van der Waals surface area (Å²) in [5, 5.41) is 23.3. The SMILES string of the molecule is CCCCCCCCc1cc2c(c(CCCCCCCC)c1CCCCCCCC)Oc1c(CCCCCCCC)c(O)c(O)c(CCCCCCCC)c1O2. The Morgan fingerprint density at radius 2 is 0.625 bits per heavy atom. The zero-order valence-electron chi connectivity index (χ0n) is 37.5. The molecule has 0 aromatic heterocycles. The second-order valence-corrected chi connectivity index (χ2v) is 17.4. The average molecular weight is 777 g/mol. The van der Waals surface area contributed by atoms with E-state index in [0.29, 0.717) is 24.3 Å². The van der Waals surface area contributed by atoms with Crippen LogP contribution in [-0.2, 0) is 32.1 Å². The van der Waals surface area contributed by atoms with Crippen LogP contribution < -0.4 is 9.47 Å². The Hall–Kier alpha value is -2.36. The van der Waals surface area contributed by atoms with Crippen LogP contribution in [0.15, 0.2) is 6.07 Å². The van der Waals surface area contributed by atoms with Crippen molar-refractivity contribution >= 4 is 0 Å². The molecule has 320 valence electrons. The fourth-order valence-corrected chi connectivity index (χ4v) is 8.87. The van der Waals surface area contributed by atoms with Crippen LogP contribution in [0.4, 0.5) is 0 Å². The van der Waals surface area contributed by atoms with Gasteiger partial charge >= 0.3 is 0 Å². The molecule has 0 bridgehead atoms. The Balaban J connectivity index is 2.05. The van der Waals surface area contributed by atoms with Gasteiger partial charge in [0.1, 0.15) is 0 Å². The molecule has 1 heterocycles. The molecule has 2 aromatic rings. The van der Waals surface area contributed by atoms with E-state index in [-0.39, 0.29) is 11.5 Å². The number of unbranched alkanes of at least 4 members (excludes halogenated alkanes) is 25. The summed E-state index contributed by atoms with van der Waals surface area (Å²) >= 11 is 0. The number of phenolic OH excluding ortho intramolecular Hbond substituents is 2. The lowest BCUT2D eigenvalue weighted by Gasteiger charge is -2.30. The van der Waals surface area contributed by atoms with Crippen molar-refractivity contribution in [1.29, 1.82) is 0 Å². The molecular weight excluding hydrogens is 689 g/mol. The molecule has 0 fully saturated rings. The van der Waals surface area contributed by atoms with Crippen molar-refractivity contribution in [3.8, 4) is 34.5 Å². The molecule has 2 aromatic carbocycles. The van der Waals surface area contributed by atoms with Crippen molar-refractivity contribution < 1.29 is 19.7 Å². The van der Waals surface area contributed by atoms with Crippen molar-refractivity contribution in [2.45, 2.75) is 259 Å². The number of phenols is 2. The second kappa shape index (κ2) is 29.8. The van der Waals surface area contributed by atoms with Crippen LogP contribution in [-0.4, -0.2) is 10.2 Å². The molecule has 4 nitrogen and oxygen atoms in total. The lowest BCUT2D eigenvalue weighted by molar-refractivity contribution is 0.330. The predicted octanol–water partition coefficient (Wildman–Crippen LogP) is 17.5. The quantitative estimate of drug-likeness (QED) is 0.0461. The van der Waals surface area contributed by atoms with Crippen molar-refractivity contribution in [1.82, 2.24) is 0 Å². The summed E-state index contributed by atoms with van der Waals surface area (Å²) in [6.45, 7) is 11.4. The third-order valence-electron chi connectivity index (χ3n) is 12.4. The lowest BCUT2D eigenvalue weighted by atomic mass is 9.88. The molecule has 0 radical (unpaired) electrons. The number of ether oxygens (including phenoxy) is 2. The molecule has 56 heavy (non-hydrogen) atoms. The number of rotatable bonds is 35. The van der Waals surface area contributed by atoms with Gasteiger partial charge in [0.05, 0.1) is 0 Å². The minimum absolute atomic E-state index is 0.00430. The molecule has 1 aliphatic rings. The van der Waals surface area contributed by atoms with Gasteiger partial charge in [-0.15, -0.1) is 0 Å². The van der Waals surface area contributed by atoms with Gasteiger partial charge in [0.25, 0.3) is 0 Å². The van der Waals surface area contributed by atoms with E-state index in [9.17, 15) is 10.2 Å². The summed E-state index contributed by atoms with van der Waals surface area (Å²) in [7, 11) is 0. The minimum Gasteiger partial charge on any atom is -0.504 e. The fraction of sp³-hybridized carbons (Fsp3) is 0.769. The molecule has 0 aliphatic carbocycles. The lowest BCUT2D eigenvalue weighted by Crippen LogP contribution is -2.12. The largest absolute Gasteiger partial charge is 0.504 e. The highest BCUT2D eigenvalue weighted by atomic mass is 16.6. The molecular formula is C52H88O4. The van der Waals surface area contributed by atoms with Crippen molar-refractivity contribution in [3.63, 3.8) is 0 Å². The summed E-state index contributed by atoms with van der Waals surface area (Å²) in [5.41, 5.74) is 5.77. The first-order valence-corrected chi connectivity index (χ1v) is 24.6. The Bertz CT molecular complexity index is 1330. The third-order valence-corrected chi connectivity index (χ3v) is 12.4. The molecule has 0 saturated carbocycles. The third kappa shape index (κ3) is 16.5. The van der Waals surface area contributed by atoms with E-state index in [2.05, 4.69) is 40.7 Å². The molecule has 4 heteroatoms. The Kier molecular flexibility index (Phi) is 25.5. The van der Waals surface area contributed by atoms with Crippen LogP contribution in [0.25, 0.3) is 0 Å². The molecule has 0 atom stereocenters. The molecule has 3 rings (SSSR count). The number of aromatic hydroxyl groups is 2. The fourth-order valence-electron chi connectivity index (χ4n) is 8.87. The van der Waals surface area contributed by atoms with Gasteiger partial charge in [-0.05, 0) is 81.4 Å². The maximum atomic E-state index is 11.7. The van der Waals surface area contributed by atoms with Crippen molar-refractivity contribution in [3.05, 3.63) is 33.9 Å². The van der Waals surface area contributed by atoms with Crippen molar-refractivity contribution in [2.75, 3.05) is 0 Å². The highest BCUT2D eigenvalue weighted by Gasteiger charge is 2.33. The molecule has 2 N–H and O–H groups in total. The van der Waals surface area contributed by atoms with Gasteiger partial charge in [-0.25, -0.2) is 0 Å². The Labute approximate surface area is 346 Å². The summed E-state index contributed by atoms with van der Waals surface area (Å²) in [6.07, 6.45) is 41.7. The van der Waals surface area contributed by atoms with Gasteiger partial charge in [0.2, 0.25) is 0 Å². The monoisotopic (exact) mass is 777 g/mol. The van der Waals surface area contributed by atoms with Gasteiger partial charge < -0.3 is 19.7 Å². The van der Waals surface area contributed by atoms with E-state index < -0.39 is 0 Å². The van der Waals surface area contributed by atoms with E-state index in [1.54, 1.807) is 0 Å². The topological polar surface area (TPSA) is 58.9 Å². The van der Waals surface area contributed by atoms with Crippen LogP contribution in [0.5, 0.6) is 34.5 Å². The Morgan fingerprint density at radius 1 is 0.321 bits per heavy atom. The maximum Gasteiger partial charge on any atom is 0.177 e. The van der Waals surface area contributed by atoms with Crippen LogP contribution in [0.1, 0.15) is 255 Å². The average Bonchev–Trinajstić information content (AvgIpc) is 3.20. The predicted molar refractivity (Wildman–Crippen MR) is 242 cm³/mol. The molecule has 0 spiro atoms. The second-order valence-electron chi connectivity index (χ2n) is 17.4. The minimum atomic E-state index is 0.00430. The van der Waals surface area contributed by atoms with Crippen LogP contribution in [0.3, 0.4) is 0 Å². The molecule has 1 aliphatic heterocycles. The van der Waals surface area contributed by atoms with Gasteiger partial charge in [-0.1, -0.05) is 195 Å². The van der Waals surface area contributed by atoms with E-state index in [1.165, 1.54) is 177 Å². The van der Waals surface area contributed by atoms with E-state index in [1.807, 2.05) is 0 Å². The van der Waals surface area contributed by atoms with E-state index in [4.69, 9.17) is 9.47 Å². The summed E-state index contributed by atoms with van der Waals surface area (Å²) in [6, 6.07) is 2.33. The first-order chi connectivity index (χ1) is 27.5. The summed E-state index contributed by atoms with van der Waals surface area (Å²) < 4.78 is 14.3. The first-order valence-electron chi connectivity index (χ1n) is 24.6. The number of hydrogen-bond acceptors (Lipinski definition) is 4. The number of hydrogen-bond donors (Lipinski definition) is 2. The zero-order valence-corrected chi connectivity index (χ0v) is 37.5. The van der Waals surface area contributed by atoms with Crippen molar-refractivity contribution in [2.24, 2.45) is 0 Å². The zero-order chi connectivity index (χ0) is 40.2. The first kappa shape index (κ1) is 48.0. The highest BCUT2D eigenvalue weighted by Crippen LogP contribution is 2.57. The van der Waals surface area contributed by atoms with E-state index in [0.717, 1.165) is 74.0 Å². The summed E-state index contributed by atoms with van der Waals surface area (Å²) in [5.74, 6) is 3.05. The van der Waals surface area contributed by atoms with Crippen LogP contribution >= 0.6 is 0 Å². The number of benzene rings is 2. The normalized spacial score (nSPS) is 12.1. The van der Waals surface area contributed by atoms with Crippen LogP contribution in [0.2, 0.25) is 0 Å². The van der Waals surface area contributed by atoms with Gasteiger partial charge in [0.15, 0.2) is 34.5 Å². The summed E-state index contributed by atoms with van der Waals surface area (Å²) in [4.78, 5) is 0. The van der Waals surface area contributed by atoms with E-state index >= 15 is 0 Å². The molecule has 0 saturated heterocycles. The Morgan fingerprint density at radius 3 is 1.02 bits per heavy atom. The van der Waals surface area contributed by atoms with Gasteiger partial charge in [-0.2, -0.15) is 0 Å². The van der Waals surface area contributed by atoms with Crippen LogP contribution in [0, 0.1) is 0 Å². The molecule has 0 unspecified atom stereocenters. The standard InChI is InChI=1S/C52H88O4/c1-6-11-16-21-26-31-36-42-41-47-50(44(38-33-28-23-18-13-8-3)43(42)37-32-27-22-17-12-7-2)56-52-46(40-35-30-25-20-15-10-5)49(54)48(53)45(51(52)55-47)39-34-29-24-19-14-9-4/h41,53-54H,6-40H2,1-5H3. The smallest absolute Gasteiger partial charge is 0.177 e. The highest BCUT2D eigenvalue weighted by molar-refractivity contribution is 5.71. The van der Waals surface area contributed by atoms with Gasteiger partial charge in [0, 0.05) is 16.7 Å². The van der Waals surface area contributed by atoms with Gasteiger partial charge in [-0.3, -0.25) is 0 Å². The maximum absolute atomic E-state index is 11.7.